The van der Waals surface area contributed by atoms with Gasteiger partial charge in [-0.3, -0.25) is 14.4 Å². The summed E-state index contributed by atoms with van der Waals surface area (Å²) in [5, 5.41) is 0. The third-order valence-corrected chi connectivity index (χ3v) is 15.1. The summed E-state index contributed by atoms with van der Waals surface area (Å²) >= 11 is 0. The maximum absolute atomic E-state index is 13.0. The van der Waals surface area contributed by atoms with Crippen LogP contribution in [0, 0.1) is 0 Å². The molecule has 0 aromatic heterocycles. The molecular formula is C74H130O6. The largest absolute Gasteiger partial charge is 0.462 e. The molecule has 462 valence electrons. The Morgan fingerprint density at radius 3 is 0.762 bits per heavy atom. The fourth-order valence-corrected chi connectivity index (χ4v) is 9.97. The van der Waals surface area contributed by atoms with E-state index in [0.29, 0.717) is 19.3 Å². The van der Waals surface area contributed by atoms with Crippen LogP contribution >= 0.6 is 0 Å². The van der Waals surface area contributed by atoms with Crippen molar-refractivity contribution in [1.29, 1.82) is 0 Å². The van der Waals surface area contributed by atoms with Gasteiger partial charge in [-0.2, -0.15) is 0 Å². The number of unbranched alkanes of at least 4 members (excludes halogenated alkanes) is 38. The standard InChI is InChI=1S/C74H130O6/c1-4-7-10-13-16-19-22-25-28-31-33-35-37-39-40-43-46-49-52-55-58-61-64-67-73(76)79-70-71(69-78-72(75)66-63-60-57-54-51-48-45-42-30-27-24-21-18-15-12-9-6-3)80-74(77)68-65-62-59-56-53-50-47-44-41-38-36-34-32-29-26-23-20-17-14-11-8-5-2/h9,12,18,21-22,25,27,30-31,33,37,39,45,48,71H,4-8,10-11,13-17,19-20,23-24,26,28-29,32,34-36,38,40-44,46-47,49-70H2,1-3H3/b12-9-,21-18-,25-22-,30-27-,33-31-,39-37-,48-45-. The van der Waals surface area contributed by atoms with Gasteiger partial charge in [0, 0.05) is 19.3 Å². The molecule has 6 nitrogen and oxygen atoms in total. The predicted molar refractivity (Wildman–Crippen MR) is 348 cm³/mol. The molecule has 0 bridgehead atoms. The van der Waals surface area contributed by atoms with Crippen molar-refractivity contribution in [2.24, 2.45) is 0 Å². The molecular weight excluding hydrogens is 985 g/mol. The van der Waals surface area contributed by atoms with Crippen LogP contribution < -0.4 is 0 Å². The van der Waals surface area contributed by atoms with Crippen LogP contribution in [0.25, 0.3) is 0 Å². The van der Waals surface area contributed by atoms with Crippen molar-refractivity contribution < 1.29 is 28.6 Å². The average molecular weight is 1120 g/mol. The zero-order chi connectivity index (χ0) is 57.8. The maximum atomic E-state index is 13.0. The van der Waals surface area contributed by atoms with Crippen molar-refractivity contribution in [3.05, 3.63) is 85.1 Å². The van der Waals surface area contributed by atoms with E-state index < -0.39 is 6.10 Å². The van der Waals surface area contributed by atoms with E-state index in [1.165, 1.54) is 193 Å². The molecule has 0 N–H and O–H groups in total. The zero-order valence-electron chi connectivity index (χ0n) is 53.1. The van der Waals surface area contributed by atoms with Crippen LogP contribution in [0.5, 0.6) is 0 Å². The van der Waals surface area contributed by atoms with Crippen LogP contribution in [0.15, 0.2) is 85.1 Å². The van der Waals surface area contributed by atoms with E-state index >= 15 is 0 Å². The molecule has 1 unspecified atom stereocenters. The summed E-state index contributed by atoms with van der Waals surface area (Å²) in [6.45, 7) is 6.54. The van der Waals surface area contributed by atoms with Crippen LogP contribution in [0.1, 0.15) is 348 Å². The molecule has 1 atom stereocenters. The summed E-state index contributed by atoms with van der Waals surface area (Å²) in [6, 6.07) is 0. The number of rotatable bonds is 63. The lowest BCUT2D eigenvalue weighted by Gasteiger charge is -2.18. The third kappa shape index (κ3) is 65.4. The first-order chi connectivity index (χ1) is 39.5. The van der Waals surface area contributed by atoms with Crippen molar-refractivity contribution >= 4 is 17.9 Å². The second kappa shape index (κ2) is 68.1. The molecule has 0 rings (SSSR count). The predicted octanol–water partition coefficient (Wildman–Crippen LogP) is 23.8. The average Bonchev–Trinajstić information content (AvgIpc) is 3.46. The normalized spacial score (nSPS) is 12.6. The van der Waals surface area contributed by atoms with Gasteiger partial charge in [0.15, 0.2) is 6.10 Å². The number of allylic oxidation sites excluding steroid dienone is 14. The third-order valence-electron chi connectivity index (χ3n) is 15.1. The van der Waals surface area contributed by atoms with Crippen molar-refractivity contribution in [2.45, 2.75) is 354 Å². The SMILES string of the molecule is CC/C=C\C/C=C\C/C=C\C/C=C\CCCCCCC(=O)OCC(COC(=O)CCCCCCCCCC/C=C\C/C=C\C/C=C\CCCCCCC)OC(=O)CCCCCCCCCCCCCCCCCCCCCCCC. The zero-order valence-corrected chi connectivity index (χ0v) is 53.1. The first kappa shape index (κ1) is 76.6. The second-order valence-electron chi connectivity index (χ2n) is 23.1. The Hall–Kier alpha value is -3.41. The van der Waals surface area contributed by atoms with Gasteiger partial charge in [0.05, 0.1) is 0 Å². The van der Waals surface area contributed by atoms with Crippen molar-refractivity contribution in [3.8, 4) is 0 Å². The topological polar surface area (TPSA) is 78.9 Å². The summed E-state index contributed by atoms with van der Waals surface area (Å²) in [6.07, 6.45) is 90.3. The minimum absolute atomic E-state index is 0.0860. The van der Waals surface area contributed by atoms with Gasteiger partial charge in [-0.1, -0.05) is 318 Å². The van der Waals surface area contributed by atoms with Gasteiger partial charge in [-0.05, 0) is 96.3 Å². The molecule has 0 amide bonds. The quantitative estimate of drug-likeness (QED) is 0.0261. The van der Waals surface area contributed by atoms with E-state index in [2.05, 4.69) is 106 Å². The molecule has 0 aromatic carbocycles. The number of carbonyl (C=O) groups is 3. The van der Waals surface area contributed by atoms with E-state index in [4.69, 9.17) is 14.2 Å². The molecule has 0 heterocycles. The van der Waals surface area contributed by atoms with E-state index in [0.717, 1.165) is 116 Å². The van der Waals surface area contributed by atoms with Crippen molar-refractivity contribution in [3.63, 3.8) is 0 Å². The van der Waals surface area contributed by atoms with Crippen molar-refractivity contribution in [2.75, 3.05) is 13.2 Å². The molecule has 0 aromatic rings. The lowest BCUT2D eigenvalue weighted by atomic mass is 10.0. The van der Waals surface area contributed by atoms with Gasteiger partial charge < -0.3 is 14.2 Å². The fraction of sp³-hybridized carbons (Fsp3) is 0.770. The van der Waals surface area contributed by atoms with Gasteiger partial charge >= 0.3 is 17.9 Å². The molecule has 0 saturated heterocycles. The van der Waals surface area contributed by atoms with Crippen LogP contribution in [0.3, 0.4) is 0 Å². The number of hydrogen-bond acceptors (Lipinski definition) is 6. The number of hydrogen-bond donors (Lipinski definition) is 0. The molecule has 0 fully saturated rings. The number of ether oxygens (including phenoxy) is 3. The van der Waals surface area contributed by atoms with Crippen LogP contribution in [-0.4, -0.2) is 37.2 Å². The van der Waals surface area contributed by atoms with E-state index in [-0.39, 0.29) is 31.1 Å². The second-order valence-corrected chi connectivity index (χ2v) is 23.1. The Morgan fingerprint density at radius 1 is 0.263 bits per heavy atom. The summed E-state index contributed by atoms with van der Waals surface area (Å²) in [5.41, 5.74) is 0. The Labute approximate surface area is 496 Å². The summed E-state index contributed by atoms with van der Waals surface area (Å²) < 4.78 is 17.0. The van der Waals surface area contributed by atoms with Gasteiger partial charge in [-0.15, -0.1) is 0 Å². The smallest absolute Gasteiger partial charge is 0.306 e. The Bertz CT molecular complexity index is 1520. The van der Waals surface area contributed by atoms with Crippen LogP contribution in [0.2, 0.25) is 0 Å². The highest BCUT2D eigenvalue weighted by molar-refractivity contribution is 5.71. The monoisotopic (exact) mass is 1110 g/mol. The highest BCUT2D eigenvalue weighted by Crippen LogP contribution is 2.17. The van der Waals surface area contributed by atoms with E-state index in [9.17, 15) is 14.4 Å². The molecule has 80 heavy (non-hydrogen) atoms. The summed E-state index contributed by atoms with van der Waals surface area (Å²) in [5.74, 6) is -0.898. The molecule has 0 radical (unpaired) electrons. The minimum Gasteiger partial charge on any atom is -0.462 e. The lowest BCUT2D eigenvalue weighted by molar-refractivity contribution is -0.167. The Balaban J connectivity index is 4.38. The Kier molecular flexibility index (Phi) is 65.2. The first-order valence-corrected chi connectivity index (χ1v) is 34.6. The molecule has 0 saturated carbocycles. The highest BCUT2D eigenvalue weighted by Gasteiger charge is 2.19. The molecule has 0 aliphatic heterocycles. The summed E-state index contributed by atoms with van der Waals surface area (Å²) in [4.78, 5) is 38.4. The number of carbonyl (C=O) groups excluding carboxylic acids is 3. The lowest BCUT2D eigenvalue weighted by Crippen LogP contribution is -2.30. The van der Waals surface area contributed by atoms with Crippen LogP contribution in [0.4, 0.5) is 0 Å². The van der Waals surface area contributed by atoms with Gasteiger partial charge in [0.25, 0.3) is 0 Å². The molecule has 6 heteroatoms. The minimum atomic E-state index is -0.791. The number of esters is 3. The Morgan fingerprint density at radius 2 is 0.487 bits per heavy atom. The molecule has 0 spiro atoms. The highest BCUT2D eigenvalue weighted by atomic mass is 16.6. The van der Waals surface area contributed by atoms with E-state index in [1.807, 2.05) is 0 Å². The maximum Gasteiger partial charge on any atom is 0.306 e. The van der Waals surface area contributed by atoms with Gasteiger partial charge in [0.2, 0.25) is 0 Å². The van der Waals surface area contributed by atoms with Crippen molar-refractivity contribution in [1.82, 2.24) is 0 Å². The van der Waals surface area contributed by atoms with Gasteiger partial charge in [0.1, 0.15) is 13.2 Å². The molecule has 0 aliphatic carbocycles. The first-order valence-electron chi connectivity index (χ1n) is 34.6. The van der Waals surface area contributed by atoms with Crippen LogP contribution in [-0.2, 0) is 28.6 Å². The van der Waals surface area contributed by atoms with E-state index in [1.54, 1.807) is 0 Å². The molecule has 0 aliphatic rings. The summed E-state index contributed by atoms with van der Waals surface area (Å²) in [7, 11) is 0. The fourth-order valence-electron chi connectivity index (χ4n) is 9.97. The van der Waals surface area contributed by atoms with Gasteiger partial charge in [-0.25, -0.2) is 0 Å².